The molecule has 1 aromatic rings. The molecule has 0 spiro atoms. The molecule has 0 bridgehead atoms. The number of carbonyl (C=O) groups excluding carboxylic acids is 1. The number of thioether (sulfide) groups is 1. The molecule has 19 heavy (non-hydrogen) atoms. The Balaban J connectivity index is 1.88. The number of carbonyl (C=O) groups is 1. The summed E-state index contributed by atoms with van der Waals surface area (Å²) in [5.41, 5.74) is 0.563. The first-order valence-electron chi connectivity index (χ1n) is 6.56. The molecule has 1 aromatic carbocycles. The highest BCUT2D eigenvalue weighted by Gasteiger charge is 2.15. The van der Waals surface area contributed by atoms with Crippen molar-refractivity contribution in [3.05, 3.63) is 28.8 Å². The number of hydrogen-bond donors (Lipinski definition) is 2. The van der Waals surface area contributed by atoms with Crippen molar-refractivity contribution in [3.8, 4) is 0 Å². The topological polar surface area (TPSA) is 41.1 Å². The van der Waals surface area contributed by atoms with Crippen molar-refractivity contribution in [3.63, 3.8) is 0 Å². The van der Waals surface area contributed by atoms with Gasteiger partial charge < -0.3 is 10.6 Å². The Hall–Kier alpha value is -0.710. The molecule has 1 atom stereocenters. The first kappa shape index (κ1) is 14.7. The number of halogens is 1. The van der Waals surface area contributed by atoms with E-state index in [1.807, 2.05) is 18.4 Å². The average molecular weight is 299 g/mol. The van der Waals surface area contributed by atoms with Crippen LogP contribution >= 0.6 is 23.4 Å². The van der Waals surface area contributed by atoms with Crippen molar-refractivity contribution < 1.29 is 4.79 Å². The normalized spacial score (nSPS) is 18.5. The minimum absolute atomic E-state index is 0.0844. The van der Waals surface area contributed by atoms with E-state index in [1.54, 1.807) is 17.8 Å². The lowest BCUT2D eigenvalue weighted by Gasteiger charge is -2.11. The van der Waals surface area contributed by atoms with E-state index >= 15 is 0 Å². The van der Waals surface area contributed by atoms with Gasteiger partial charge in [-0.05, 0) is 50.3 Å². The van der Waals surface area contributed by atoms with E-state index in [-0.39, 0.29) is 5.91 Å². The maximum absolute atomic E-state index is 12.1. The quantitative estimate of drug-likeness (QED) is 0.821. The lowest BCUT2D eigenvalue weighted by atomic mass is 10.1. The Kier molecular flexibility index (Phi) is 5.55. The van der Waals surface area contributed by atoms with Gasteiger partial charge in [-0.2, -0.15) is 0 Å². The molecule has 5 heteroatoms. The summed E-state index contributed by atoms with van der Waals surface area (Å²) in [4.78, 5) is 13.1. The number of hydrogen-bond acceptors (Lipinski definition) is 3. The minimum atomic E-state index is -0.0844. The Labute approximate surface area is 123 Å². The highest BCUT2D eigenvalue weighted by Crippen LogP contribution is 2.22. The number of benzene rings is 1. The van der Waals surface area contributed by atoms with E-state index in [9.17, 15) is 4.79 Å². The fourth-order valence-corrected chi connectivity index (χ4v) is 2.91. The van der Waals surface area contributed by atoms with Crippen LogP contribution in [0, 0.1) is 0 Å². The second-order valence-corrected chi connectivity index (χ2v) is 5.97. The molecule has 1 fully saturated rings. The molecule has 0 saturated carbocycles. The third kappa shape index (κ3) is 4.13. The second kappa shape index (κ2) is 7.17. The first-order chi connectivity index (χ1) is 9.20. The SMILES string of the molecule is CSc1ccc(Cl)c(C(=O)NCC[C@@H]2CCCN2)c1. The summed E-state index contributed by atoms with van der Waals surface area (Å²) >= 11 is 7.68. The van der Waals surface area contributed by atoms with Gasteiger partial charge in [0.1, 0.15) is 0 Å². The third-order valence-corrected chi connectivity index (χ3v) is 4.41. The zero-order chi connectivity index (χ0) is 13.7. The Morgan fingerprint density at radius 1 is 1.58 bits per heavy atom. The van der Waals surface area contributed by atoms with Gasteiger partial charge in [-0.3, -0.25) is 4.79 Å². The van der Waals surface area contributed by atoms with Crippen LogP contribution in [0.3, 0.4) is 0 Å². The van der Waals surface area contributed by atoms with E-state index in [0.29, 0.717) is 23.2 Å². The summed E-state index contributed by atoms with van der Waals surface area (Å²) in [5, 5.41) is 6.87. The summed E-state index contributed by atoms with van der Waals surface area (Å²) in [6.07, 6.45) is 5.40. The molecule has 1 amide bonds. The van der Waals surface area contributed by atoms with Gasteiger partial charge in [0.15, 0.2) is 0 Å². The molecule has 1 saturated heterocycles. The standard InChI is InChI=1S/C14H19ClN2OS/c1-19-11-4-5-13(15)12(9-11)14(18)17-8-6-10-3-2-7-16-10/h4-5,9-10,16H,2-3,6-8H2,1H3,(H,17,18)/t10-/m0/s1. The zero-order valence-corrected chi connectivity index (χ0v) is 12.6. The van der Waals surface area contributed by atoms with Crippen LogP contribution < -0.4 is 10.6 Å². The summed E-state index contributed by atoms with van der Waals surface area (Å²) in [6, 6.07) is 6.09. The predicted octanol–water partition coefficient (Wildman–Crippen LogP) is 2.93. The Morgan fingerprint density at radius 3 is 3.11 bits per heavy atom. The Morgan fingerprint density at radius 2 is 2.42 bits per heavy atom. The zero-order valence-electron chi connectivity index (χ0n) is 11.0. The van der Waals surface area contributed by atoms with Crippen LogP contribution in [-0.4, -0.2) is 31.3 Å². The molecule has 2 N–H and O–H groups in total. The Bertz CT molecular complexity index is 447. The molecule has 1 heterocycles. The fourth-order valence-electron chi connectivity index (χ4n) is 2.26. The highest BCUT2D eigenvalue weighted by molar-refractivity contribution is 7.98. The van der Waals surface area contributed by atoms with E-state index < -0.39 is 0 Å². The summed E-state index contributed by atoms with van der Waals surface area (Å²) in [6.45, 7) is 1.79. The molecule has 0 aromatic heterocycles. The van der Waals surface area contributed by atoms with Crippen LogP contribution in [0.4, 0.5) is 0 Å². The number of amides is 1. The van der Waals surface area contributed by atoms with Gasteiger partial charge in [-0.15, -0.1) is 11.8 Å². The van der Waals surface area contributed by atoms with Gasteiger partial charge in [0.2, 0.25) is 0 Å². The minimum Gasteiger partial charge on any atom is -0.352 e. The maximum atomic E-state index is 12.1. The number of nitrogens with one attached hydrogen (secondary N) is 2. The van der Waals surface area contributed by atoms with Crippen molar-refractivity contribution in [2.24, 2.45) is 0 Å². The smallest absolute Gasteiger partial charge is 0.252 e. The van der Waals surface area contributed by atoms with Crippen LogP contribution in [0.25, 0.3) is 0 Å². The first-order valence-corrected chi connectivity index (χ1v) is 8.16. The van der Waals surface area contributed by atoms with Crippen LogP contribution in [-0.2, 0) is 0 Å². The molecule has 3 nitrogen and oxygen atoms in total. The van der Waals surface area contributed by atoms with Crippen molar-refractivity contribution in [1.29, 1.82) is 0 Å². The molecule has 0 unspecified atom stereocenters. The van der Waals surface area contributed by atoms with Crippen LogP contribution in [0.15, 0.2) is 23.1 Å². The van der Waals surface area contributed by atoms with Gasteiger partial charge in [0.05, 0.1) is 10.6 Å². The van der Waals surface area contributed by atoms with Crippen LogP contribution in [0.2, 0.25) is 5.02 Å². The summed E-state index contributed by atoms with van der Waals surface area (Å²) in [7, 11) is 0. The molecule has 104 valence electrons. The van der Waals surface area contributed by atoms with Gasteiger partial charge >= 0.3 is 0 Å². The molecular formula is C14H19ClN2OS. The molecule has 0 radical (unpaired) electrons. The van der Waals surface area contributed by atoms with Gasteiger partial charge in [0, 0.05) is 17.5 Å². The summed E-state index contributed by atoms with van der Waals surface area (Å²) < 4.78 is 0. The van der Waals surface area contributed by atoms with E-state index in [4.69, 9.17) is 11.6 Å². The summed E-state index contributed by atoms with van der Waals surface area (Å²) in [5.74, 6) is -0.0844. The fraction of sp³-hybridized carbons (Fsp3) is 0.500. The average Bonchev–Trinajstić information content (AvgIpc) is 2.92. The highest BCUT2D eigenvalue weighted by atomic mass is 35.5. The molecule has 1 aliphatic heterocycles. The van der Waals surface area contributed by atoms with Crippen molar-refractivity contribution in [1.82, 2.24) is 10.6 Å². The van der Waals surface area contributed by atoms with E-state index in [0.717, 1.165) is 17.9 Å². The van der Waals surface area contributed by atoms with E-state index in [1.165, 1.54) is 12.8 Å². The van der Waals surface area contributed by atoms with Gasteiger partial charge in [-0.25, -0.2) is 0 Å². The van der Waals surface area contributed by atoms with Gasteiger partial charge in [0.25, 0.3) is 5.91 Å². The predicted molar refractivity (Wildman–Crippen MR) is 81.2 cm³/mol. The molecule has 2 rings (SSSR count). The van der Waals surface area contributed by atoms with Crippen molar-refractivity contribution in [2.45, 2.75) is 30.2 Å². The van der Waals surface area contributed by atoms with Crippen molar-refractivity contribution >= 4 is 29.3 Å². The lowest BCUT2D eigenvalue weighted by molar-refractivity contribution is 0.0952. The third-order valence-electron chi connectivity index (χ3n) is 3.36. The molecular weight excluding hydrogens is 280 g/mol. The van der Waals surface area contributed by atoms with E-state index in [2.05, 4.69) is 10.6 Å². The lowest BCUT2D eigenvalue weighted by Crippen LogP contribution is -2.30. The number of rotatable bonds is 5. The van der Waals surface area contributed by atoms with Crippen LogP contribution in [0.5, 0.6) is 0 Å². The van der Waals surface area contributed by atoms with Gasteiger partial charge in [-0.1, -0.05) is 11.6 Å². The molecule has 1 aliphatic rings. The maximum Gasteiger partial charge on any atom is 0.252 e. The second-order valence-electron chi connectivity index (χ2n) is 4.68. The van der Waals surface area contributed by atoms with Crippen molar-refractivity contribution in [2.75, 3.05) is 19.3 Å². The monoisotopic (exact) mass is 298 g/mol. The van der Waals surface area contributed by atoms with Crippen LogP contribution in [0.1, 0.15) is 29.6 Å². The largest absolute Gasteiger partial charge is 0.352 e. The molecule has 0 aliphatic carbocycles.